The number of nitrogens with zero attached hydrogens (tertiary/aromatic N) is 2. The highest BCUT2D eigenvalue weighted by Gasteiger charge is 2.24. The summed E-state index contributed by atoms with van der Waals surface area (Å²) in [5.41, 5.74) is 0.312. The number of halogens is 1. The van der Waals surface area contributed by atoms with E-state index in [2.05, 4.69) is 15.3 Å². The number of benzene rings is 1. The van der Waals surface area contributed by atoms with Crippen LogP contribution in [0.1, 0.15) is 29.0 Å². The van der Waals surface area contributed by atoms with Crippen LogP contribution < -0.4 is 10.1 Å². The predicted octanol–water partition coefficient (Wildman–Crippen LogP) is 3.32. The Labute approximate surface area is 145 Å². The van der Waals surface area contributed by atoms with Crippen LogP contribution in [-0.4, -0.2) is 29.6 Å². The van der Waals surface area contributed by atoms with E-state index in [0.717, 1.165) is 0 Å². The maximum atomic E-state index is 12.6. The fourth-order valence-corrected chi connectivity index (χ4v) is 2.43. The summed E-state index contributed by atoms with van der Waals surface area (Å²) in [6.07, 6.45) is 3.91. The molecule has 24 heavy (non-hydrogen) atoms. The second-order valence-electron chi connectivity index (χ2n) is 5.61. The quantitative estimate of drug-likeness (QED) is 0.831. The molecular weight excluding hydrogens is 330 g/mol. The molecule has 0 unspecified atom stereocenters. The van der Waals surface area contributed by atoms with Crippen molar-refractivity contribution >= 4 is 23.3 Å². The SMILES string of the molecule is COCc1nccc(NC(=O)c2c(Cl)cccc2OCC2CC2)n1. The van der Waals surface area contributed by atoms with Crippen LogP contribution in [0.3, 0.4) is 0 Å². The van der Waals surface area contributed by atoms with Crippen LogP contribution in [0, 0.1) is 5.92 Å². The van der Waals surface area contributed by atoms with Gasteiger partial charge in [0.25, 0.3) is 5.91 Å². The molecule has 0 saturated heterocycles. The Morgan fingerprint density at radius 1 is 1.38 bits per heavy atom. The molecule has 0 spiro atoms. The molecule has 0 atom stereocenters. The van der Waals surface area contributed by atoms with Gasteiger partial charge in [-0.15, -0.1) is 0 Å². The minimum atomic E-state index is -0.367. The van der Waals surface area contributed by atoms with Crippen molar-refractivity contribution < 1.29 is 14.3 Å². The predicted molar refractivity (Wildman–Crippen MR) is 90.4 cm³/mol. The first-order chi connectivity index (χ1) is 11.7. The Morgan fingerprint density at radius 2 is 2.21 bits per heavy atom. The van der Waals surface area contributed by atoms with E-state index >= 15 is 0 Å². The first-order valence-corrected chi connectivity index (χ1v) is 8.08. The smallest absolute Gasteiger partial charge is 0.262 e. The molecule has 1 N–H and O–H groups in total. The molecule has 6 nitrogen and oxygen atoms in total. The van der Waals surface area contributed by atoms with Gasteiger partial charge in [0.15, 0.2) is 5.82 Å². The third kappa shape index (κ3) is 4.21. The number of amides is 1. The first kappa shape index (κ1) is 16.7. The summed E-state index contributed by atoms with van der Waals surface area (Å²) in [7, 11) is 1.56. The minimum Gasteiger partial charge on any atom is -0.492 e. The van der Waals surface area contributed by atoms with Gasteiger partial charge in [0.2, 0.25) is 0 Å². The first-order valence-electron chi connectivity index (χ1n) is 7.71. The van der Waals surface area contributed by atoms with Gasteiger partial charge in [0, 0.05) is 13.3 Å². The molecule has 1 aliphatic rings. The van der Waals surface area contributed by atoms with Gasteiger partial charge >= 0.3 is 0 Å². The number of nitrogens with one attached hydrogen (secondary N) is 1. The molecule has 1 aromatic carbocycles. The molecule has 1 fully saturated rings. The van der Waals surface area contributed by atoms with Crippen LogP contribution in [0.2, 0.25) is 5.02 Å². The monoisotopic (exact) mass is 347 g/mol. The summed E-state index contributed by atoms with van der Waals surface area (Å²) in [6, 6.07) is 6.79. The van der Waals surface area contributed by atoms with Crippen molar-refractivity contribution in [3.8, 4) is 5.75 Å². The summed E-state index contributed by atoms with van der Waals surface area (Å²) in [6.45, 7) is 0.873. The summed E-state index contributed by atoms with van der Waals surface area (Å²) in [5.74, 6) is 1.57. The zero-order chi connectivity index (χ0) is 16.9. The van der Waals surface area contributed by atoms with Gasteiger partial charge < -0.3 is 14.8 Å². The lowest BCUT2D eigenvalue weighted by Gasteiger charge is -2.13. The van der Waals surface area contributed by atoms with E-state index < -0.39 is 0 Å². The lowest BCUT2D eigenvalue weighted by Crippen LogP contribution is -2.16. The van der Waals surface area contributed by atoms with Crippen molar-refractivity contribution in [1.29, 1.82) is 0 Å². The molecule has 2 aromatic rings. The highest BCUT2D eigenvalue weighted by molar-refractivity contribution is 6.34. The van der Waals surface area contributed by atoms with Crippen molar-refractivity contribution in [2.75, 3.05) is 19.0 Å². The maximum absolute atomic E-state index is 12.6. The second kappa shape index (κ2) is 7.59. The Kier molecular flexibility index (Phi) is 5.27. The van der Waals surface area contributed by atoms with Gasteiger partial charge in [-0.1, -0.05) is 17.7 Å². The number of methoxy groups -OCH3 is 1. The largest absolute Gasteiger partial charge is 0.492 e. The maximum Gasteiger partial charge on any atom is 0.262 e. The average Bonchev–Trinajstić information content (AvgIpc) is 3.38. The molecular formula is C17H18ClN3O3. The van der Waals surface area contributed by atoms with Crippen molar-refractivity contribution in [3.63, 3.8) is 0 Å². The molecule has 7 heteroatoms. The van der Waals surface area contributed by atoms with Gasteiger partial charge in [0.05, 0.1) is 11.6 Å². The summed E-state index contributed by atoms with van der Waals surface area (Å²) in [5, 5.41) is 3.07. The normalized spacial score (nSPS) is 13.6. The number of aromatic nitrogens is 2. The van der Waals surface area contributed by atoms with Crippen LogP contribution in [0.15, 0.2) is 30.5 Å². The lowest BCUT2D eigenvalue weighted by atomic mass is 10.2. The molecule has 1 aromatic heterocycles. The molecule has 1 saturated carbocycles. The van der Waals surface area contributed by atoms with Gasteiger partial charge in [-0.2, -0.15) is 0 Å². The Bertz CT molecular complexity index is 735. The molecule has 1 amide bonds. The van der Waals surface area contributed by atoms with Gasteiger partial charge in [-0.05, 0) is 37.0 Å². The van der Waals surface area contributed by atoms with Crippen molar-refractivity contribution in [2.24, 2.45) is 5.92 Å². The fraction of sp³-hybridized carbons (Fsp3) is 0.353. The third-order valence-electron chi connectivity index (χ3n) is 3.59. The fourth-order valence-electron chi connectivity index (χ4n) is 2.18. The topological polar surface area (TPSA) is 73.3 Å². The van der Waals surface area contributed by atoms with Crippen LogP contribution in [0.25, 0.3) is 0 Å². The van der Waals surface area contributed by atoms with Crippen molar-refractivity contribution in [3.05, 3.63) is 46.9 Å². The zero-order valence-electron chi connectivity index (χ0n) is 13.3. The van der Waals surface area contributed by atoms with E-state index in [1.807, 2.05) is 0 Å². The number of hydrogen-bond acceptors (Lipinski definition) is 5. The van der Waals surface area contributed by atoms with Crippen molar-refractivity contribution in [1.82, 2.24) is 9.97 Å². The Balaban J connectivity index is 1.77. The molecule has 1 aliphatic carbocycles. The Hall–Kier alpha value is -2.18. The molecule has 126 valence electrons. The van der Waals surface area contributed by atoms with E-state index in [0.29, 0.717) is 40.5 Å². The van der Waals surface area contributed by atoms with Gasteiger partial charge in [-0.3, -0.25) is 4.79 Å². The number of hydrogen-bond donors (Lipinski definition) is 1. The summed E-state index contributed by atoms with van der Waals surface area (Å²) < 4.78 is 10.8. The zero-order valence-corrected chi connectivity index (χ0v) is 14.0. The lowest BCUT2D eigenvalue weighted by molar-refractivity contribution is 0.102. The van der Waals surface area contributed by atoms with E-state index in [4.69, 9.17) is 21.1 Å². The molecule has 0 aliphatic heterocycles. The van der Waals surface area contributed by atoms with Crippen LogP contribution >= 0.6 is 11.6 Å². The number of carbonyl (C=O) groups excluding carboxylic acids is 1. The van der Waals surface area contributed by atoms with Gasteiger partial charge in [-0.25, -0.2) is 9.97 Å². The van der Waals surface area contributed by atoms with E-state index in [1.54, 1.807) is 37.6 Å². The van der Waals surface area contributed by atoms with E-state index in [9.17, 15) is 4.79 Å². The van der Waals surface area contributed by atoms with Crippen LogP contribution in [0.4, 0.5) is 5.82 Å². The van der Waals surface area contributed by atoms with Crippen LogP contribution in [-0.2, 0) is 11.3 Å². The second-order valence-corrected chi connectivity index (χ2v) is 6.02. The Morgan fingerprint density at radius 3 is 2.96 bits per heavy atom. The third-order valence-corrected chi connectivity index (χ3v) is 3.91. The van der Waals surface area contributed by atoms with Gasteiger partial charge in [0.1, 0.15) is 23.7 Å². The van der Waals surface area contributed by atoms with E-state index in [-0.39, 0.29) is 12.5 Å². The number of carbonyl (C=O) groups is 1. The molecule has 0 bridgehead atoms. The van der Waals surface area contributed by atoms with Crippen molar-refractivity contribution in [2.45, 2.75) is 19.4 Å². The highest BCUT2D eigenvalue weighted by Crippen LogP contribution is 2.32. The molecule has 3 rings (SSSR count). The average molecular weight is 348 g/mol. The van der Waals surface area contributed by atoms with E-state index in [1.165, 1.54) is 12.8 Å². The highest BCUT2D eigenvalue weighted by atomic mass is 35.5. The summed E-state index contributed by atoms with van der Waals surface area (Å²) >= 11 is 6.21. The number of rotatable bonds is 7. The number of ether oxygens (including phenoxy) is 2. The summed E-state index contributed by atoms with van der Waals surface area (Å²) in [4.78, 5) is 20.9. The molecule has 1 heterocycles. The minimum absolute atomic E-state index is 0.269. The van der Waals surface area contributed by atoms with Crippen LogP contribution in [0.5, 0.6) is 5.75 Å². The number of anilines is 1. The standard InChI is InChI=1S/C17H18ClN3O3/c1-23-10-15-19-8-7-14(20-15)21-17(22)16-12(18)3-2-4-13(16)24-9-11-5-6-11/h2-4,7-8,11H,5-6,9-10H2,1H3,(H,19,20,21,22). The molecule has 0 radical (unpaired) electrons.